The molecule has 270 valence electrons. The molecule has 0 atom stereocenters. The topological polar surface area (TPSA) is 35.6 Å². The van der Waals surface area contributed by atoms with Crippen LogP contribution in [-0.2, 0) is 0 Å². The van der Waals surface area contributed by atoms with Crippen molar-refractivity contribution < 1.29 is 0 Å². The lowest BCUT2D eigenvalue weighted by Crippen LogP contribution is -2.03. The fourth-order valence-corrected chi connectivity index (χ4v) is 9.10. The Kier molecular flexibility index (Phi) is 7.20. The minimum absolute atomic E-state index is 0.695. The lowest BCUT2D eigenvalue weighted by atomic mass is 9.98. The molecule has 0 spiro atoms. The Balaban J connectivity index is 1.12. The van der Waals surface area contributed by atoms with Crippen LogP contribution in [0.25, 0.3) is 110 Å². The van der Waals surface area contributed by atoms with E-state index >= 15 is 0 Å². The van der Waals surface area contributed by atoms with Gasteiger partial charge in [0.05, 0.1) is 27.6 Å². The monoisotopic (exact) mass is 738 g/mol. The molecule has 0 aliphatic carbocycles. The Morgan fingerprint density at radius 2 is 0.966 bits per heavy atom. The number of rotatable bonds is 5. The molecule has 3 heterocycles. The first kappa shape index (κ1) is 32.4. The number of benzene rings is 9. The quantitative estimate of drug-likeness (QED) is 0.165. The molecular weight excluding hydrogens is 705 g/mol. The largest absolute Gasteiger partial charge is 0.309 e. The maximum absolute atomic E-state index is 5.49. The van der Waals surface area contributed by atoms with E-state index in [4.69, 9.17) is 9.97 Å². The van der Waals surface area contributed by atoms with Crippen molar-refractivity contribution in [3.63, 3.8) is 0 Å². The molecule has 0 saturated carbocycles. The van der Waals surface area contributed by atoms with Gasteiger partial charge in [-0.05, 0) is 82.2 Å². The second-order valence-electron chi connectivity index (χ2n) is 15.0. The third kappa shape index (κ3) is 4.95. The molecule has 4 heteroatoms. The van der Waals surface area contributed by atoms with Gasteiger partial charge in [0, 0.05) is 43.6 Å². The van der Waals surface area contributed by atoms with E-state index in [1.807, 2.05) is 0 Å². The zero-order chi connectivity index (χ0) is 38.2. The SMILES string of the molecule is c1ccc(-c2cccc(-c3nc(-n4c5ccccc5c5cc(-c6cccc7c6c6ccccc6n7-c6ccccc6)ccc54)c4ccc5ccccc5c4n3)c2)cc1. The summed E-state index contributed by atoms with van der Waals surface area (Å²) in [5, 5.41) is 8.11. The number of para-hydroxylation sites is 3. The zero-order valence-electron chi connectivity index (χ0n) is 31.4. The number of fused-ring (bicyclic) bond motifs is 9. The van der Waals surface area contributed by atoms with E-state index in [1.165, 1.54) is 43.7 Å². The Morgan fingerprint density at radius 3 is 1.81 bits per heavy atom. The zero-order valence-corrected chi connectivity index (χ0v) is 31.4. The first-order chi connectivity index (χ1) is 28.8. The summed E-state index contributed by atoms with van der Waals surface area (Å²) < 4.78 is 4.73. The molecule has 0 bridgehead atoms. The van der Waals surface area contributed by atoms with Crippen LogP contribution in [0.15, 0.2) is 206 Å². The van der Waals surface area contributed by atoms with E-state index in [0.717, 1.165) is 60.9 Å². The standard InChI is InChI=1S/C54H34N4/c1-3-15-35(16-4-1)37-18-13-19-39(33-37)53-55-52-42-22-8-7-17-36(42)29-31-45(52)54(56-53)58-47-26-11-9-23-43(47)46-34-38(30-32-49(46)58)41-25-14-28-50-51(41)44-24-10-12-27-48(44)57(50)40-20-5-2-6-21-40/h1-34H. The van der Waals surface area contributed by atoms with E-state index in [1.54, 1.807) is 0 Å². The van der Waals surface area contributed by atoms with Crippen molar-refractivity contribution in [3.8, 4) is 45.1 Å². The second-order valence-corrected chi connectivity index (χ2v) is 15.0. The second kappa shape index (κ2) is 12.9. The van der Waals surface area contributed by atoms with Gasteiger partial charge in [-0.15, -0.1) is 0 Å². The average molecular weight is 739 g/mol. The number of hydrogen-bond acceptors (Lipinski definition) is 2. The minimum Gasteiger partial charge on any atom is -0.309 e. The van der Waals surface area contributed by atoms with E-state index in [2.05, 4.69) is 215 Å². The first-order valence-electron chi connectivity index (χ1n) is 19.8. The molecule has 0 saturated heterocycles. The summed E-state index contributed by atoms with van der Waals surface area (Å²) in [6.07, 6.45) is 0. The number of aromatic nitrogens is 4. The molecule has 0 N–H and O–H groups in total. The van der Waals surface area contributed by atoms with Crippen LogP contribution in [0.2, 0.25) is 0 Å². The normalized spacial score (nSPS) is 11.8. The van der Waals surface area contributed by atoms with Crippen LogP contribution in [-0.4, -0.2) is 19.1 Å². The highest BCUT2D eigenvalue weighted by Crippen LogP contribution is 2.42. The van der Waals surface area contributed by atoms with Crippen LogP contribution in [0.3, 0.4) is 0 Å². The molecule has 12 rings (SSSR count). The third-order valence-electron chi connectivity index (χ3n) is 11.7. The van der Waals surface area contributed by atoms with E-state index < -0.39 is 0 Å². The van der Waals surface area contributed by atoms with Gasteiger partial charge in [-0.25, -0.2) is 9.97 Å². The highest BCUT2D eigenvalue weighted by atomic mass is 15.1. The summed E-state index contributed by atoms with van der Waals surface area (Å²) in [7, 11) is 0. The van der Waals surface area contributed by atoms with Crippen molar-refractivity contribution in [2.45, 2.75) is 0 Å². The van der Waals surface area contributed by atoms with Gasteiger partial charge >= 0.3 is 0 Å². The molecule has 0 unspecified atom stereocenters. The molecule has 58 heavy (non-hydrogen) atoms. The molecule has 3 aromatic heterocycles. The van der Waals surface area contributed by atoms with Crippen LogP contribution in [0.5, 0.6) is 0 Å². The minimum atomic E-state index is 0.695. The van der Waals surface area contributed by atoms with Gasteiger partial charge < -0.3 is 4.57 Å². The summed E-state index contributed by atoms with van der Waals surface area (Å²) in [6.45, 7) is 0. The number of nitrogens with zero attached hydrogens (tertiary/aromatic N) is 4. The lowest BCUT2D eigenvalue weighted by Gasteiger charge is -2.14. The maximum atomic E-state index is 5.49. The maximum Gasteiger partial charge on any atom is 0.162 e. The highest BCUT2D eigenvalue weighted by molar-refractivity contribution is 6.18. The molecule has 4 nitrogen and oxygen atoms in total. The highest BCUT2D eigenvalue weighted by Gasteiger charge is 2.21. The molecular formula is C54H34N4. The molecule has 0 aliphatic rings. The summed E-state index contributed by atoms with van der Waals surface area (Å²) in [5.41, 5.74) is 12.3. The van der Waals surface area contributed by atoms with Crippen molar-refractivity contribution in [2.75, 3.05) is 0 Å². The van der Waals surface area contributed by atoms with Crippen molar-refractivity contribution in [3.05, 3.63) is 206 Å². The molecule has 9 aromatic carbocycles. The van der Waals surface area contributed by atoms with Crippen LogP contribution >= 0.6 is 0 Å². The Morgan fingerprint density at radius 1 is 0.328 bits per heavy atom. The van der Waals surface area contributed by atoms with Crippen molar-refractivity contribution in [1.29, 1.82) is 0 Å². The van der Waals surface area contributed by atoms with E-state index in [0.29, 0.717) is 5.82 Å². The summed E-state index contributed by atoms with van der Waals surface area (Å²) >= 11 is 0. The third-order valence-corrected chi connectivity index (χ3v) is 11.7. The summed E-state index contributed by atoms with van der Waals surface area (Å²) in [6, 6.07) is 73.8. The average Bonchev–Trinajstić information content (AvgIpc) is 3.82. The molecule has 0 amide bonds. The van der Waals surface area contributed by atoms with Crippen LogP contribution in [0, 0.1) is 0 Å². The van der Waals surface area contributed by atoms with Gasteiger partial charge in [-0.2, -0.15) is 0 Å². The van der Waals surface area contributed by atoms with Gasteiger partial charge in [0.1, 0.15) is 5.82 Å². The van der Waals surface area contributed by atoms with Crippen LogP contribution < -0.4 is 0 Å². The molecule has 0 aliphatic heterocycles. The van der Waals surface area contributed by atoms with Gasteiger partial charge in [0.2, 0.25) is 0 Å². The molecule has 12 aromatic rings. The van der Waals surface area contributed by atoms with Crippen molar-refractivity contribution in [1.82, 2.24) is 19.1 Å². The van der Waals surface area contributed by atoms with Crippen LogP contribution in [0.1, 0.15) is 0 Å². The smallest absolute Gasteiger partial charge is 0.162 e. The predicted octanol–water partition coefficient (Wildman–Crippen LogP) is 14.0. The van der Waals surface area contributed by atoms with Crippen molar-refractivity contribution in [2.24, 2.45) is 0 Å². The fraction of sp³-hybridized carbons (Fsp3) is 0. The van der Waals surface area contributed by atoms with Crippen molar-refractivity contribution >= 4 is 65.3 Å². The Hall–Kier alpha value is -7.82. The summed E-state index contributed by atoms with van der Waals surface area (Å²) in [4.78, 5) is 10.8. The van der Waals surface area contributed by atoms with E-state index in [9.17, 15) is 0 Å². The predicted molar refractivity (Wildman–Crippen MR) is 242 cm³/mol. The Bertz CT molecular complexity index is 3560. The van der Waals surface area contributed by atoms with Gasteiger partial charge in [0.15, 0.2) is 5.82 Å². The lowest BCUT2D eigenvalue weighted by molar-refractivity contribution is 1.08. The van der Waals surface area contributed by atoms with Gasteiger partial charge in [-0.3, -0.25) is 4.57 Å². The fourth-order valence-electron chi connectivity index (χ4n) is 9.10. The molecule has 0 radical (unpaired) electrons. The first-order valence-corrected chi connectivity index (χ1v) is 19.8. The Labute approximate surface area is 334 Å². The summed E-state index contributed by atoms with van der Waals surface area (Å²) in [5.74, 6) is 1.56. The van der Waals surface area contributed by atoms with Gasteiger partial charge in [0.25, 0.3) is 0 Å². The van der Waals surface area contributed by atoms with Gasteiger partial charge in [-0.1, -0.05) is 152 Å². The molecule has 0 fully saturated rings. The van der Waals surface area contributed by atoms with Crippen LogP contribution in [0.4, 0.5) is 0 Å². The number of hydrogen-bond donors (Lipinski definition) is 0. The van der Waals surface area contributed by atoms with E-state index in [-0.39, 0.29) is 0 Å².